The standard InChI is InChI=1S/C16H26N2/c1-17-16(15-9-4-3-5-10-15)11-12-18(2)13-14-7-6-8-14/h3-5,9-10,14,16-17H,6-8,11-13H2,1-2H3. The lowest BCUT2D eigenvalue weighted by molar-refractivity contribution is 0.199. The molecule has 1 atom stereocenters. The van der Waals surface area contributed by atoms with E-state index in [1.165, 1.54) is 44.3 Å². The van der Waals surface area contributed by atoms with Gasteiger partial charge in [0.15, 0.2) is 0 Å². The first-order valence-corrected chi connectivity index (χ1v) is 7.20. The van der Waals surface area contributed by atoms with Crippen LogP contribution in [0.4, 0.5) is 0 Å². The van der Waals surface area contributed by atoms with E-state index in [0.717, 1.165) is 5.92 Å². The van der Waals surface area contributed by atoms with Crippen molar-refractivity contribution in [1.29, 1.82) is 0 Å². The Morgan fingerprint density at radius 2 is 2.00 bits per heavy atom. The topological polar surface area (TPSA) is 15.3 Å². The van der Waals surface area contributed by atoms with Gasteiger partial charge >= 0.3 is 0 Å². The first-order chi connectivity index (χ1) is 8.79. The van der Waals surface area contributed by atoms with E-state index >= 15 is 0 Å². The molecule has 2 rings (SSSR count). The van der Waals surface area contributed by atoms with Gasteiger partial charge in [-0.1, -0.05) is 36.8 Å². The Morgan fingerprint density at radius 1 is 1.28 bits per heavy atom. The van der Waals surface area contributed by atoms with Gasteiger partial charge in [-0.2, -0.15) is 0 Å². The number of nitrogens with one attached hydrogen (secondary N) is 1. The Kier molecular flexibility index (Phi) is 5.21. The summed E-state index contributed by atoms with van der Waals surface area (Å²) in [6.45, 7) is 2.46. The smallest absolute Gasteiger partial charge is 0.0329 e. The zero-order chi connectivity index (χ0) is 12.8. The van der Waals surface area contributed by atoms with Gasteiger partial charge in [0.2, 0.25) is 0 Å². The predicted molar refractivity (Wildman–Crippen MR) is 77.7 cm³/mol. The maximum absolute atomic E-state index is 3.43. The highest BCUT2D eigenvalue weighted by molar-refractivity contribution is 5.18. The number of benzene rings is 1. The summed E-state index contributed by atoms with van der Waals surface area (Å²) in [6, 6.07) is 11.2. The SMILES string of the molecule is CNC(CCN(C)CC1CCC1)c1ccccc1. The third-order valence-electron chi connectivity index (χ3n) is 4.14. The second-order valence-electron chi connectivity index (χ2n) is 5.60. The summed E-state index contributed by atoms with van der Waals surface area (Å²) in [4.78, 5) is 2.50. The van der Waals surface area contributed by atoms with Crippen LogP contribution < -0.4 is 5.32 Å². The summed E-state index contributed by atoms with van der Waals surface area (Å²) in [5, 5.41) is 3.43. The molecule has 1 fully saturated rings. The summed E-state index contributed by atoms with van der Waals surface area (Å²) >= 11 is 0. The van der Waals surface area contributed by atoms with Crippen molar-refractivity contribution in [3.05, 3.63) is 35.9 Å². The van der Waals surface area contributed by atoms with Crippen LogP contribution in [0.2, 0.25) is 0 Å². The van der Waals surface area contributed by atoms with E-state index in [1.807, 2.05) is 0 Å². The lowest BCUT2D eigenvalue weighted by Crippen LogP contribution is -2.32. The molecule has 1 N–H and O–H groups in total. The molecule has 0 heterocycles. The molecule has 0 bridgehead atoms. The number of hydrogen-bond acceptors (Lipinski definition) is 2. The highest BCUT2D eigenvalue weighted by Gasteiger charge is 2.19. The Hall–Kier alpha value is -0.860. The molecule has 1 unspecified atom stereocenters. The van der Waals surface area contributed by atoms with Gasteiger partial charge in [-0.15, -0.1) is 0 Å². The van der Waals surface area contributed by atoms with E-state index < -0.39 is 0 Å². The molecule has 1 aliphatic rings. The van der Waals surface area contributed by atoms with Gasteiger partial charge in [0.25, 0.3) is 0 Å². The molecule has 2 heteroatoms. The molecule has 1 aromatic rings. The van der Waals surface area contributed by atoms with Crippen LogP contribution >= 0.6 is 0 Å². The third kappa shape index (κ3) is 3.82. The van der Waals surface area contributed by atoms with E-state index in [-0.39, 0.29) is 0 Å². The molecular weight excluding hydrogens is 220 g/mol. The lowest BCUT2D eigenvalue weighted by atomic mass is 9.85. The Morgan fingerprint density at radius 3 is 2.56 bits per heavy atom. The molecule has 0 aromatic heterocycles. The molecule has 100 valence electrons. The van der Waals surface area contributed by atoms with Crippen LogP contribution in [0.1, 0.15) is 37.3 Å². The molecule has 0 amide bonds. The maximum Gasteiger partial charge on any atom is 0.0329 e. The molecule has 1 saturated carbocycles. The second-order valence-corrected chi connectivity index (χ2v) is 5.60. The third-order valence-corrected chi connectivity index (χ3v) is 4.14. The van der Waals surface area contributed by atoms with Crippen LogP contribution in [-0.4, -0.2) is 32.1 Å². The molecule has 0 spiro atoms. The molecule has 18 heavy (non-hydrogen) atoms. The lowest BCUT2D eigenvalue weighted by Gasteiger charge is -2.31. The average molecular weight is 246 g/mol. The van der Waals surface area contributed by atoms with Crippen molar-refractivity contribution in [2.45, 2.75) is 31.7 Å². The highest BCUT2D eigenvalue weighted by atomic mass is 15.1. The van der Waals surface area contributed by atoms with Crippen LogP contribution in [0.5, 0.6) is 0 Å². The van der Waals surface area contributed by atoms with Crippen LogP contribution in [0.3, 0.4) is 0 Å². The summed E-state index contributed by atoms with van der Waals surface area (Å²) < 4.78 is 0. The molecule has 1 aliphatic carbocycles. The maximum atomic E-state index is 3.43. The molecule has 1 aromatic carbocycles. The minimum Gasteiger partial charge on any atom is -0.313 e. The summed E-state index contributed by atoms with van der Waals surface area (Å²) in [5.74, 6) is 0.972. The fourth-order valence-electron chi connectivity index (χ4n) is 2.72. The van der Waals surface area contributed by atoms with Gasteiger partial charge in [-0.25, -0.2) is 0 Å². The molecule has 0 aliphatic heterocycles. The van der Waals surface area contributed by atoms with Crippen molar-refractivity contribution in [3.8, 4) is 0 Å². The van der Waals surface area contributed by atoms with Gasteiger partial charge in [0, 0.05) is 12.6 Å². The van der Waals surface area contributed by atoms with Crippen molar-refractivity contribution < 1.29 is 0 Å². The van der Waals surface area contributed by atoms with Gasteiger partial charge in [-0.3, -0.25) is 0 Å². The highest BCUT2D eigenvalue weighted by Crippen LogP contribution is 2.27. The molecule has 0 radical (unpaired) electrons. The van der Waals surface area contributed by atoms with E-state index in [4.69, 9.17) is 0 Å². The summed E-state index contributed by atoms with van der Waals surface area (Å²) in [5.41, 5.74) is 1.40. The van der Waals surface area contributed by atoms with Crippen molar-refractivity contribution >= 4 is 0 Å². The normalized spacial score (nSPS) is 17.7. The first-order valence-electron chi connectivity index (χ1n) is 7.20. The van der Waals surface area contributed by atoms with E-state index in [2.05, 4.69) is 54.6 Å². The molecule has 0 saturated heterocycles. The molecule has 2 nitrogen and oxygen atoms in total. The van der Waals surface area contributed by atoms with Crippen molar-refractivity contribution in [2.24, 2.45) is 5.92 Å². The monoisotopic (exact) mass is 246 g/mol. The Bertz CT molecular complexity index is 332. The average Bonchev–Trinajstić information content (AvgIpc) is 2.36. The number of rotatable bonds is 7. The van der Waals surface area contributed by atoms with Crippen LogP contribution in [0.25, 0.3) is 0 Å². The molecular formula is C16H26N2. The summed E-state index contributed by atoms with van der Waals surface area (Å²) in [7, 11) is 4.32. The fraction of sp³-hybridized carbons (Fsp3) is 0.625. The van der Waals surface area contributed by atoms with Crippen LogP contribution in [0, 0.1) is 5.92 Å². The van der Waals surface area contributed by atoms with E-state index in [1.54, 1.807) is 0 Å². The zero-order valence-corrected chi connectivity index (χ0v) is 11.7. The second kappa shape index (κ2) is 6.91. The van der Waals surface area contributed by atoms with Crippen molar-refractivity contribution in [3.63, 3.8) is 0 Å². The zero-order valence-electron chi connectivity index (χ0n) is 11.7. The number of hydrogen-bond donors (Lipinski definition) is 1. The Balaban J connectivity index is 1.76. The van der Waals surface area contributed by atoms with Gasteiger partial charge in [-0.05, 0) is 51.4 Å². The van der Waals surface area contributed by atoms with Crippen LogP contribution in [-0.2, 0) is 0 Å². The van der Waals surface area contributed by atoms with Crippen molar-refractivity contribution in [1.82, 2.24) is 10.2 Å². The number of nitrogens with zero attached hydrogens (tertiary/aromatic N) is 1. The minimum atomic E-state index is 0.482. The van der Waals surface area contributed by atoms with E-state index in [9.17, 15) is 0 Å². The fourth-order valence-corrected chi connectivity index (χ4v) is 2.72. The van der Waals surface area contributed by atoms with Crippen molar-refractivity contribution in [2.75, 3.05) is 27.2 Å². The van der Waals surface area contributed by atoms with Gasteiger partial charge in [0.1, 0.15) is 0 Å². The van der Waals surface area contributed by atoms with Gasteiger partial charge < -0.3 is 10.2 Å². The largest absolute Gasteiger partial charge is 0.313 e. The predicted octanol–water partition coefficient (Wildman–Crippen LogP) is 3.07. The minimum absolute atomic E-state index is 0.482. The first kappa shape index (κ1) is 13.6. The Labute approximate surface area is 111 Å². The van der Waals surface area contributed by atoms with Gasteiger partial charge in [0.05, 0.1) is 0 Å². The van der Waals surface area contributed by atoms with E-state index in [0.29, 0.717) is 6.04 Å². The quantitative estimate of drug-likeness (QED) is 0.795. The summed E-state index contributed by atoms with van der Waals surface area (Å²) in [6.07, 6.45) is 5.52. The van der Waals surface area contributed by atoms with Crippen LogP contribution in [0.15, 0.2) is 30.3 Å².